The van der Waals surface area contributed by atoms with E-state index in [9.17, 15) is 17.6 Å². The molecular formula is C38H22F10O. The molecule has 0 fully saturated rings. The summed E-state index contributed by atoms with van der Waals surface area (Å²) >= 11 is 0. The fraction of sp³-hybridized carbons (Fsp3) is 0.105. The van der Waals surface area contributed by atoms with Gasteiger partial charge < -0.3 is 4.74 Å². The van der Waals surface area contributed by atoms with Crippen LogP contribution in [-0.4, -0.2) is 0 Å². The van der Waals surface area contributed by atoms with Crippen LogP contribution in [0.2, 0.25) is 0 Å². The molecule has 0 N–H and O–H groups in total. The number of benzene rings is 6. The highest BCUT2D eigenvalue weighted by Gasteiger charge is 2.39. The van der Waals surface area contributed by atoms with Crippen molar-refractivity contribution in [2.75, 3.05) is 0 Å². The van der Waals surface area contributed by atoms with Gasteiger partial charge in [0.1, 0.15) is 28.8 Å². The van der Waals surface area contributed by atoms with Crippen LogP contribution >= 0.6 is 0 Å². The predicted molar refractivity (Wildman–Crippen MR) is 165 cm³/mol. The summed E-state index contributed by atoms with van der Waals surface area (Å²) in [5.41, 5.74) is -1.39. The molecule has 0 saturated heterocycles. The van der Waals surface area contributed by atoms with E-state index in [1.807, 2.05) is 6.92 Å². The Bertz CT molecular complexity index is 2210. The predicted octanol–water partition coefficient (Wildman–Crippen LogP) is 12.0. The largest absolute Gasteiger partial charge is 0.429 e. The second-order valence-electron chi connectivity index (χ2n) is 11.2. The SMILES string of the molecule is CCCc1ccc(-c2cc3ccc(C(F)(F)Oc4ccc(-c5ccc(-c6cc(F)c(F)c(F)c6)c(F)c5)c(F)c4)c(F)c3c(F)c2F)cc1. The summed E-state index contributed by atoms with van der Waals surface area (Å²) in [4.78, 5) is 0. The van der Waals surface area contributed by atoms with E-state index >= 15 is 26.3 Å². The Morgan fingerprint density at radius 3 is 1.73 bits per heavy atom. The molecule has 0 spiro atoms. The third kappa shape index (κ3) is 6.32. The second-order valence-corrected chi connectivity index (χ2v) is 11.2. The number of hydrogen-bond acceptors (Lipinski definition) is 1. The number of fused-ring (bicyclic) bond motifs is 1. The van der Waals surface area contributed by atoms with Crippen LogP contribution in [0.25, 0.3) is 44.2 Å². The molecule has 0 aromatic heterocycles. The molecule has 0 amide bonds. The summed E-state index contributed by atoms with van der Waals surface area (Å²) < 4.78 is 152. The van der Waals surface area contributed by atoms with Gasteiger partial charge in [-0.3, -0.25) is 0 Å². The zero-order chi connectivity index (χ0) is 35.2. The van der Waals surface area contributed by atoms with Gasteiger partial charge in [0, 0.05) is 22.8 Å². The second kappa shape index (κ2) is 12.9. The molecule has 0 aliphatic rings. The first-order valence-corrected chi connectivity index (χ1v) is 14.8. The fourth-order valence-electron chi connectivity index (χ4n) is 5.58. The third-order valence-corrected chi connectivity index (χ3v) is 8.00. The van der Waals surface area contributed by atoms with Gasteiger partial charge in [-0.15, -0.1) is 0 Å². The monoisotopic (exact) mass is 684 g/mol. The lowest BCUT2D eigenvalue weighted by Gasteiger charge is -2.20. The van der Waals surface area contributed by atoms with E-state index in [0.29, 0.717) is 29.8 Å². The first-order valence-electron chi connectivity index (χ1n) is 14.8. The van der Waals surface area contributed by atoms with Gasteiger partial charge in [0.05, 0.1) is 5.39 Å². The topological polar surface area (TPSA) is 9.23 Å². The van der Waals surface area contributed by atoms with E-state index < -0.39 is 69.3 Å². The maximum atomic E-state index is 15.5. The van der Waals surface area contributed by atoms with Crippen molar-refractivity contribution >= 4 is 10.8 Å². The van der Waals surface area contributed by atoms with E-state index in [0.717, 1.165) is 54.8 Å². The van der Waals surface area contributed by atoms with Crippen molar-refractivity contribution in [3.63, 3.8) is 0 Å². The number of aryl methyl sites for hydroxylation is 1. The Balaban J connectivity index is 1.27. The molecule has 0 unspecified atom stereocenters. The van der Waals surface area contributed by atoms with E-state index in [1.165, 1.54) is 6.07 Å². The zero-order valence-corrected chi connectivity index (χ0v) is 25.3. The summed E-state index contributed by atoms with van der Waals surface area (Å²) in [6, 6.07) is 16.0. The van der Waals surface area contributed by atoms with Gasteiger partial charge >= 0.3 is 6.11 Å². The summed E-state index contributed by atoms with van der Waals surface area (Å²) in [6.45, 7) is 1.99. The van der Waals surface area contributed by atoms with Gasteiger partial charge in [-0.1, -0.05) is 55.8 Å². The molecule has 0 aliphatic heterocycles. The van der Waals surface area contributed by atoms with Crippen molar-refractivity contribution in [3.8, 4) is 39.1 Å². The van der Waals surface area contributed by atoms with Crippen LogP contribution < -0.4 is 4.74 Å². The van der Waals surface area contributed by atoms with Crippen LogP contribution in [0.4, 0.5) is 43.9 Å². The third-order valence-electron chi connectivity index (χ3n) is 8.00. The van der Waals surface area contributed by atoms with Crippen molar-refractivity contribution in [1.29, 1.82) is 0 Å². The van der Waals surface area contributed by atoms with E-state index in [1.54, 1.807) is 24.3 Å². The van der Waals surface area contributed by atoms with Crippen molar-refractivity contribution in [2.45, 2.75) is 25.9 Å². The molecule has 1 nitrogen and oxygen atoms in total. The maximum absolute atomic E-state index is 15.5. The molecule has 11 heteroatoms. The summed E-state index contributed by atoms with van der Waals surface area (Å²) in [5, 5.41) is -1.21. The molecule has 0 atom stereocenters. The van der Waals surface area contributed by atoms with Crippen LogP contribution in [-0.2, 0) is 12.5 Å². The Labute approximate surface area is 273 Å². The summed E-state index contributed by atoms with van der Waals surface area (Å²) in [7, 11) is 0. The van der Waals surface area contributed by atoms with Crippen molar-refractivity contribution in [1.82, 2.24) is 0 Å². The van der Waals surface area contributed by atoms with Gasteiger partial charge in [0.25, 0.3) is 0 Å². The molecule has 6 aromatic rings. The van der Waals surface area contributed by atoms with Crippen LogP contribution in [0.1, 0.15) is 24.5 Å². The first-order chi connectivity index (χ1) is 23.3. The molecule has 250 valence electrons. The van der Waals surface area contributed by atoms with Crippen LogP contribution in [0.3, 0.4) is 0 Å². The van der Waals surface area contributed by atoms with Crippen molar-refractivity contribution in [3.05, 3.63) is 149 Å². The smallest absolute Gasteiger partial charge is 0.429 e. The molecule has 6 aromatic carbocycles. The van der Waals surface area contributed by atoms with Crippen LogP contribution in [0.5, 0.6) is 5.75 Å². The number of ether oxygens (including phenoxy) is 1. The number of alkyl halides is 2. The average molecular weight is 685 g/mol. The first kappa shape index (κ1) is 33.6. The molecule has 0 radical (unpaired) electrons. The van der Waals surface area contributed by atoms with Gasteiger partial charge in [-0.2, -0.15) is 8.78 Å². The standard InChI is InChI=1S/C38H22F10O/c1-2-3-19-4-6-20(7-5-19)27-14-22-9-13-28(35(44)33(22)37(46)34(27)43)38(47,48)49-24-10-12-25(30(40)18-24)21-8-11-26(29(39)15-21)23-16-31(41)36(45)32(42)17-23/h4-18H,2-3H2,1H3. The lowest BCUT2D eigenvalue weighted by molar-refractivity contribution is -0.187. The lowest BCUT2D eigenvalue weighted by atomic mass is 9.96. The minimum Gasteiger partial charge on any atom is -0.429 e. The van der Waals surface area contributed by atoms with E-state index in [-0.39, 0.29) is 33.2 Å². The minimum atomic E-state index is -4.49. The fourth-order valence-corrected chi connectivity index (χ4v) is 5.58. The van der Waals surface area contributed by atoms with E-state index in [2.05, 4.69) is 4.74 Å². The molecule has 0 aliphatic carbocycles. The Morgan fingerprint density at radius 2 is 1.10 bits per heavy atom. The highest BCUT2D eigenvalue weighted by Crippen LogP contribution is 2.40. The average Bonchev–Trinajstić information content (AvgIpc) is 3.05. The van der Waals surface area contributed by atoms with Crippen molar-refractivity contribution in [2.24, 2.45) is 0 Å². The van der Waals surface area contributed by atoms with Gasteiger partial charge in [-0.25, -0.2) is 35.1 Å². The normalized spacial score (nSPS) is 11.7. The van der Waals surface area contributed by atoms with Crippen LogP contribution in [0.15, 0.2) is 91.0 Å². The molecule has 0 heterocycles. The number of rotatable bonds is 8. The molecular weight excluding hydrogens is 662 g/mol. The maximum Gasteiger partial charge on any atom is 0.429 e. The van der Waals surface area contributed by atoms with Crippen molar-refractivity contribution < 1.29 is 48.6 Å². The molecule has 49 heavy (non-hydrogen) atoms. The lowest BCUT2D eigenvalue weighted by Crippen LogP contribution is -2.23. The van der Waals surface area contributed by atoms with Gasteiger partial charge in [0.2, 0.25) is 0 Å². The Kier molecular flexibility index (Phi) is 8.87. The summed E-state index contributed by atoms with van der Waals surface area (Å²) in [5.74, 6) is -12.7. The Morgan fingerprint density at radius 1 is 0.510 bits per heavy atom. The van der Waals surface area contributed by atoms with Gasteiger partial charge in [-0.05, 0) is 76.5 Å². The highest BCUT2D eigenvalue weighted by atomic mass is 19.3. The van der Waals surface area contributed by atoms with Crippen LogP contribution in [0, 0.1) is 46.5 Å². The molecule has 0 bridgehead atoms. The number of hydrogen-bond donors (Lipinski definition) is 0. The van der Waals surface area contributed by atoms with E-state index in [4.69, 9.17) is 0 Å². The quantitative estimate of drug-likeness (QED) is 0.115. The minimum absolute atomic E-state index is 0.102. The number of halogens is 10. The zero-order valence-electron chi connectivity index (χ0n) is 25.3. The van der Waals surface area contributed by atoms with Gasteiger partial charge in [0.15, 0.2) is 29.1 Å². The molecule has 0 saturated carbocycles. The Hall–Kier alpha value is -5.32. The highest BCUT2D eigenvalue weighted by molar-refractivity contribution is 5.89. The molecule has 6 rings (SSSR count). The summed E-state index contributed by atoms with van der Waals surface area (Å²) in [6.07, 6.45) is -2.84.